The number of hydrogen-bond acceptors (Lipinski definition) is 4. The molecule has 2 heterocycles. The van der Waals surface area contributed by atoms with Crippen LogP contribution in [0.3, 0.4) is 0 Å². The van der Waals surface area contributed by atoms with Crippen LogP contribution in [-0.4, -0.2) is 38.3 Å². The summed E-state index contributed by atoms with van der Waals surface area (Å²) in [5.74, 6) is 0.600. The predicted octanol–water partition coefficient (Wildman–Crippen LogP) is 1.93. The number of ether oxygens (including phenoxy) is 2. The molecule has 3 rings (SSSR count). The Kier molecular flexibility index (Phi) is 5.46. The fraction of sp³-hybridized carbons (Fsp3) is 0.474. The van der Waals surface area contributed by atoms with Crippen LogP contribution in [0.4, 0.5) is 4.79 Å². The van der Waals surface area contributed by atoms with Gasteiger partial charge in [-0.3, -0.25) is 4.79 Å². The highest BCUT2D eigenvalue weighted by molar-refractivity contribution is 5.98. The van der Waals surface area contributed by atoms with Crippen LogP contribution in [-0.2, 0) is 9.53 Å². The number of amides is 3. The lowest BCUT2D eigenvalue weighted by atomic mass is 9.93. The molecule has 0 unspecified atom stereocenters. The Balaban J connectivity index is 1.88. The van der Waals surface area contributed by atoms with Crippen molar-refractivity contribution in [3.63, 3.8) is 0 Å². The van der Waals surface area contributed by atoms with Crippen molar-refractivity contribution < 1.29 is 19.1 Å². The Hall–Kier alpha value is -2.54. The van der Waals surface area contributed by atoms with Gasteiger partial charge in [-0.1, -0.05) is 6.07 Å². The quantitative estimate of drug-likeness (QED) is 0.766. The lowest BCUT2D eigenvalue weighted by Crippen LogP contribution is -2.49. The second-order valence-electron chi connectivity index (χ2n) is 6.66. The van der Waals surface area contributed by atoms with Crippen LogP contribution in [0.1, 0.15) is 36.9 Å². The summed E-state index contributed by atoms with van der Waals surface area (Å²) < 4.78 is 10.6. The molecule has 3 N–H and O–H groups in total. The van der Waals surface area contributed by atoms with Crippen LogP contribution in [0, 0.1) is 6.92 Å². The second-order valence-corrected chi connectivity index (χ2v) is 6.66. The van der Waals surface area contributed by atoms with Gasteiger partial charge in [0.1, 0.15) is 5.75 Å². The Morgan fingerprint density at radius 1 is 1.27 bits per heavy atom. The molecular weight excluding hydrogens is 334 g/mol. The minimum absolute atomic E-state index is 0.0902. The maximum atomic E-state index is 12.9. The number of carbonyl (C=O) groups is 2. The number of urea groups is 1. The molecule has 1 atom stereocenters. The highest BCUT2D eigenvalue weighted by atomic mass is 16.5. The van der Waals surface area contributed by atoms with Gasteiger partial charge in [0.25, 0.3) is 5.91 Å². The molecule has 7 heteroatoms. The minimum atomic E-state index is -0.506. The first-order chi connectivity index (χ1) is 12.5. The zero-order valence-corrected chi connectivity index (χ0v) is 15.3. The first-order valence-corrected chi connectivity index (χ1v) is 8.81. The van der Waals surface area contributed by atoms with E-state index in [-0.39, 0.29) is 18.0 Å². The van der Waals surface area contributed by atoms with Crippen molar-refractivity contribution >= 4 is 11.9 Å². The Morgan fingerprint density at radius 2 is 2.00 bits per heavy atom. The van der Waals surface area contributed by atoms with Gasteiger partial charge < -0.3 is 25.4 Å². The van der Waals surface area contributed by atoms with Crippen LogP contribution >= 0.6 is 0 Å². The Morgan fingerprint density at radius 3 is 2.65 bits per heavy atom. The topological polar surface area (TPSA) is 88.7 Å². The van der Waals surface area contributed by atoms with Gasteiger partial charge in [0.05, 0.1) is 18.7 Å². The first-order valence-electron chi connectivity index (χ1n) is 8.81. The van der Waals surface area contributed by atoms with Gasteiger partial charge >= 0.3 is 6.03 Å². The Bertz CT molecular complexity index is 738. The van der Waals surface area contributed by atoms with Crippen molar-refractivity contribution in [3.8, 4) is 5.75 Å². The molecule has 0 bridgehead atoms. The third kappa shape index (κ3) is 3.83. The van der Waals surface area contributed by atoms with E-state index in [1.165, 1.54) is 0 Å². The summed E-state index contributed by atoms with van der Waals surface area (Å²) in [6, 6.07) is 4.92. The number of hydrogen-bond donors (Lipinski definition) is 3. The summed E-state index contributed by atoms with van der Waals surface area (Å²) in [6.07, 6.45) is 1.59. The molecule has 2 aliphatic heterocycles. The van der Waals surface area contributed by atoms with Crippen LogP contribution in [0.2, 0.25) is 0 Å². The maximum absolute atomic E-state index is 12.9. The third-order valence-corrected chi connectivity index (χ3v) is 4.82. The molecule has 0 spiro atoms. The number of rotatable bonds is 4. The number of benzene rings is 1. The van der Waals surface area contributed by atoms with E-state index in [1.807, 2.05) is 25.1 Å². The summed E-state index contributed by atoms with van der Waals surface area (Å²) in [5, 5.41) is 8.64. The monoisotopic (exact) mass is 359 g/mol. The molecule has 3 amide bonds. The molecule has 0 aliphatic carbocycles. The van der Waals surface area contributed by atoms with Gasteiger partial charge in [0.15, 0.2) is 0 Å². The average molecular weight is 359 g/mol. The Labute approximate surface area is 153 Å². The summed E-state index contributed by atoms with van der Waals surface area (Å²) in [5.41, 5.74) is 2.88. The summed E-state index contributed by atoms with van der Waals surface area (Å²) >= 11 is 0. The standard InChI is InChI=1S/C19H25N3O4/c1-11-10-13(4-5-15(11)25-3)17-16(12(2)20-19(24)22-17)18(23)21-14-6-8-26-9-7-14/h4-5,10,14,17H,6-9H2,1-3H3,(H,21,23)(H2,20,22,24)/t17-/m0/s1. The van der Waals surface area contributed by atoms with E-state index in [2.05, 4.69) is 16.0 Å². The predicted molar refractivity (Wildman–Crippen MR) is 96.8 cm³/mol. The number of methoxy groups -OCH3 is 1. The minimum Gasteiger partial charge on any atom is -0.496 e. The molecular formula is C19H25N3O4. The number of carbonyl (C=O) groups excluding carboxylic acids is 2. The summed E-state index contributed by atoms with van der Waals surface area (Å²) in [4.78, 5) is 24.9. The maximum Gasteiger partial charge on any atom is 0.319 e. The molecule has 1 fully saturated rings. The number of nitrogens with one attached hydrogen (secondary N) is 3. The lowest BCUT2D eigenvalue weighted by Gasteiger charge is -2.31. The normalized spacial score (nSPS) is 21.0. The zero-order valence-electron chi connectivity index (χ0n) is 15.3. The molecule has 140 valence electrons. The van der Waals surface area contributed by atoms with Crippen molar-refractivity contribution in [1.82, 2.24) is 16.0 Å². The molecule has 0 radical (unpaired) electrons. The summed E-state index contributed by atoms with van der Waals surface area (Å²) in [7, 11) is 1.62. The van der Waals surface area contributed by atoms with Crippen molar-refractivity contribution in [2.45, 2.75) is 38.8 Å². The zero-order chi connectivity index (χ0) is 18.7. The van der Waals surface area contributed by atoms with Crippen LogP contribution in [0.25, 0.3) is 0 Å². The number of aryl methyl sites for hydroxylation is 1. The largest absolute Gasteiger partial charge is 0.496 e. The molecule has 0 saturated carbocycles. The van der Waals surface area contributed by atoms with E-state index < -0.39 is 6.04 Å². The SMILES string of the molecule is COc1ccc([C@@H]2NC(=O)NC(C)=C2C(=O)NC2CCOCC2)cc1C. The van der Waals surface area contributed by atoms with Crippen LogP contribution in [0.5, 0.6) is 5.75 Å². The van der Waals surface area contributed by atoms with Gasteiger partial charge in [-0.15, -0.1) is 0 Å². The van der Waals surface area contributed by atoms with E-state index in [0.29, 0.717) is 24.5 Å². The van der Waals surface area contributed by atoms with Gasteiger partial charge in [0, 0.05) is 25.0 Å². The van der Waals surface area contributed by atoms with E-state index >= 15 is 0 Å². The van der Waals surface area contributed by atoms with E-state index in [0.717, 1.165) is 29.7 Å². The van der Waals surface area contributed by atoms with Gasteiger partial charge in [-0.25, -0.2) is 4.79 Å². The fourth-order valence-electron chi connectivity index (χ4n) is 3.43. The third-order valence-electron chi connectivity index (χ3n) is 4.82. The summed E-state index contributed by atoms with van der Waals surface area (Å²) in [6.45, 7) is 4.99. The molecule has 2 aliphatic rings. The van der Waals surface area contributed by atoms with Gasteiger partial charge in [-0.2, -0.15) is 0 Å². The van der Waals surface area contributed by atoms with E-state index in [9.17, 15) is 9.59 Å². The van der Waals surface area contributed by atoms with Crippen molar-refractivity contribution in [1.29, 1.82) is 0 Å². The highest BCUT2D eigenvalue weighted by Gasteiger charge is 2.32. The molecule has 1 saturated heterocycles. The van der Waals surface area contributed by atoms with Crippen molar-refractivity contribution in [2.75, 3.05) is 20.3 Å². The molecule has 7 nitrogen and oxygen atoms in total. The van der Waals surface area contributed by atoms with Gasteiger partial charge in [-0.05, 0) is 49.9 Å². The highest BCUT2D eigenvalue weighted by Crippen LogP contribution is 2.30. The number of allylic oxidation sites excluding steroid dienone is 1. The molecule has 1 aromatic rings. The molecule has 0 aromatic heterocycles. The first kappa shape index (κ1) is 18.3. The molecule has 1 aromatic carbocycles. The van der Waals surface area contributed by atoms with Crippen LogP contribution < -0.4 is 20.7 Å². The fourth-order valence-corrected chi connectivity index (χ4v) is 3.43. The average Bonchev–Trinajstić information content (AvgIpc) is 2.61. The van der Waals surface area contributed by atoms with Gasteiger partial charge in [0.2, 0.25) is 0 Å². The van der Waals surface area contributed by atoms with E-state index in [4.69, 9.17) is 9.47 Å². The lowest BCUT2D eigenvalue weighted by molar-refractivity contribution is -0.119. The van der Waals surface area contributed by atoms with Crippen molar-refractivity contribution in [2.24, 2.45) is 0 Å². The smallest absolute Gasteiger partial charge is 0.319 e. The second kappa shape index (κ2) is 7.78. The molecule has 26 heavy (non-hydrogen) atoms. The van der Waals surface area contributed by atoms with E-state index in [1.54, 1.807) is 14.0 Å². The van der Waals surface area contributed by atoms with Crippen molar-refractivity contribution in [3.05, 3.63) is 40.6 Å². The van der Waals surface area contributed by atoms with Crippen LogP contribution in [0.15, 0.2) is 29.5 Å².